The zero-order valence-corrected chi connectivity index (χ0v) is 27.9. The topological polar surface area (TPSA) is 30.7 Å². The van der Waals surface area contributed by atoms with Crippen LogP contribution in [0.15, 0.2) is 164 Å². The first-order valence-electron chi connectivity index (χ1n) is 17.3. The lowest BCUT2D eigenvalue weighted by atomic mass is 9.80. The Labute approximate surface area is 291 Å². The number of aromatic nitrogens is 3. The fourth-order valence-corrected chi connectivity index (χ4v) is 8.23. The SMILES string of the molecule is CC1(C)c2ccccc2-c2nc(-c3ccccc3)nc(-c3cccc(-c4cccc(-n5c6ccccc6c6c7ccccc7ccc65)c4)c3)c21. The van der Waals surface area contributed by atoms with Crippen molar-refractivity contribution in [3.05, 3.63) is 175 Å². The molecule has 7 aromatic carbocycles. The van der Waals surface area contributed by atoms with Gasteiger partial charge in [-0.25, -0.2) is 9.97 Å². The van der Waals surface area contributed by atoms with E-state index in [4.69, 9.17) is 9.97 Å². The maximum atomic E-state index is 5.33. The average molecular weight is 640 g/mol. The predicted octanol–water partition coefficient (Wildman–Crippen LogP) is 12.0. The number of hydrogen-bond acceptors (Lipinski definition) is 2. The molecule has 0 fully saturated rings. The van der Waals surface area contributed by atoms with Crippen LogP contribution >= 0.6 is 0 Å². The Morgan fingerprint density at radius 3 is 2.02 bits per heavy atom. The molecule has 0 aliphatic heterocycles. The van der Waals surface area contributed by atoms with Crippen LogP contribution in [0.25, 0.3) is 83.3 Å². The minimum absolute atomic E-state index is 0.243. The fraction of sp³-hybridized carbons (Fsp3) is 0.0638. The van der Waals surface area contributed by atoms with Crippen LogP contribution in [0.1, 0.15) is 25.0 Å². The third-order valence-corrected chi connectivity index (χ3v) is 10.6. The Morgan fingerprint density at radius 1 is 0.480 bits per heavy atom. The molecular formula is C47H33N3. The van der Waals surface area contributed by atoms with Crippen molar-refractivity contribution >= 4 is 32.6 Å². The second-order valence-corrected chi connectivity index (χ2v) is 13.8. The van der Waals surface area contributed by atoms with Gasteiger partial charge in [-0.3, -0.25) is 0 Å². The third kappa shape index (κ3) is 4.23. The molecule has 0 spiro atoms. The molecule has 0 saturated heterocycles. The highest BCUT2D eigenvalue weighted by Gasteiger charge is 2.40. The van der Waals surface area contributed by atoms with Crippen molar-refractivity contribution in [3.8, 4) is 50.7 Å². The molecule has 0 atom stereocenters. The van der Waals surface area contributed by atoms with Crippen LogP contribution < -0.4 is 0 Å². The first-order valence-corrected chi connectivity index (χ1v) is 17.3. The molecule has 0 bridgehead atoms. The Bertz CT molecular complexity index is 2790. The Balaban J connectivity index is 1.15. The van der Waals surface area contributed by atoms with Gasteiger partial charge in [0, 0.05) is 44.1 Å². The van der Waals surface area contributed by atoms with Gasteiger partial charge < -0.3 is 4.57 Å². The van der Waals surface area contributed by atoms with Gasteiger partial charge in [0.1, 0.15) is 0 Å². The highest BCUT2D eigenvalue weighted by molar-refractivity contribution is 6.21. The standard InChI is InChI=1S/C47H33N3/c1-47(2)39-24-10-8-22-37(39)45-43(47)44(48-46(49-45)31-15-4-3-5-16-31)34-19-12-17-32(28-34)33-18-13-20-35(29-33)50-40-25-11-9-23-38(40)42-36-21-7-6-14-30(36)26-27-41(42)50/h3-29H,1-2H3. The lowest BCUT2D eigenvalue weighted by Crippen LogP contribution is -2.17. The number of hydrogen-bond donors (Lipinski definition) is 0. The van der Waals surface area contributed by atoms with E-state index in [0.717, 1.165) is 45.2 Å². The van der Waals surface area contributed by atoms with Crippen molar-refractivity contribution in [2.24, 2.45) is 0 Å². The van der Waals surface area contributed by atoms with Crippen LogP contribution in [0.5, 0.6) is 0 Å². The molecule has 0 radical (unpaired) electrons. The highest BCUT2D eigenvalue weighted by atomic mass is 15.0. The molecule has 9 aromatic rings. The molecule has 3 heteroatoms. The second kappa shape index (κ2) is 10.8. The monoisotopic (exact) mass is 639 g/mol. The van der Waals surface area contributed by atoms with Crippen LogP contribution in [0.3, 0.4) is 0 Å². The molecule has 10 rings (SSSR count). The van der Waals surface area contributed by atoms with Gasteiger partial charge >= 0.3 is 0 Å². The van der Waals surface area contributed by atoms with Gasteiger partial charge in [-0.2, -0.15) is 0 Å². The number of para-hydroxylation sites is 1. The summed E-state index contributed by atoms with van der Waals surface area (Å²) in [7, 11) is 0. The molecule has 2 heterocycles. The summed E-state index contributed by atoms with van der Waals surface area (Å²) in [5.74, 6) is 0.748. The van der Waals surface area contributed by atoms with Gasteiger partial charge in [0.05, 0.1) is 22.4 Å². The second-order valence-electron chi connectivity index (χ2n) is 13.8. The van der Waals surface area contributed by atoms with Crippen molar-refractivity contribution in [3.63, 3.8) is 0 Å². The van der Waals surface area contributed by atoms with Crippen LogP contribution in [-0.4, -0.2) is 14.5 Å². The van der Waals surface area contributed by atoms with Gasteiger partial charge in [0.15, 0.2) is 5.82 Å². The van der Waals surface area contributed by atoms with E-state index in [1.165, 1.54) is 49.3 Å². The quantitative estimate of drug-likeness (QED) is 0.192. The largest absolute Gasteiger partial charge is 0.309 e. The van der Waals surface area contributed by atoms with E-state index in [-0.39, 0.29) is 5.41 Å². The summed E-state index contributed by atoms with van der Waals surface area (Å²) >= 11 is 0. The summed E-state index contributed by atoms with van der Waals surface area (Å²) in [5.41, 5.74) is 13.4. The molecule has 50 heavy (non-hydrogen) atoms. The maximum Gasteiger partial charge on any atom is 0.160 e. The minimum atomic E-state index is -0.243. The molecule has 236 valence electrons. The summed E-state index contributed by atoms with van der Waals surface area (Å²) in [6, 6.07) is 58.8. The van der Waals surface area contributed by atoms with E-state index in [2.05, 4.69) is 176 Å². The minimum Gasteiger partial charge on any atom is -0.309 e. The van der Waals surface area contributed by atoms with Gasteiger partial charge in [0.25, 0.3) is 0 Å². The smallest absolute Gasteiger partial charge is 0.160 e. The van der Waals surface area contributed by atoms with Crippen molar-refractivity contribution in [1.82, 2.24) is 14.5 Å². The average Bonchev–Trinajstić information content (AvgIpc) is 3.64. The van der Waals surface area contributed by atoms with Gasteiger partial charge in [-0.1, -0.05) is 147 Å². The van der Waals surface area contributed by atoms with Crippen molar-refractivity contribution < 1.29 is 0 Å². The zero-order valence-electron chi connectivity index (χ0n) is 27.9. The van der Waals surface area contributed by atoms with Crippen molar-refractivity contribution in [2.45, 2.75) is 19.3 Å². The lowest BCUT2D eigenvalue weighted by molar-refractivity contribution is 0.658. The normalized spacial score (nSPS) is 13.2. The van der Waals surface area contributed by atoms with Crippen molar-refractivity contribution in [1.29, 1.82) is 0 Å². The van der Waals surface area contributed by atoms with E-state index in [1.807, 2.05) is 6.07 Å². The predicted molar refractivity (Wildman–Crippen MR) is 208 cm³/mol. The molecule has 0 unspecified atom stereocenters. The Hall–Kier alpha value is -6.32. The maximum absolute atomic E-state index is 5.33. The third-order valence-electron chi connectivity index (χ3n) is 10.6. The number of nitrogens with zero attached hydrogens (tertiary/aromatic N) is 3. The van der Waals surface area contributed by atoms with Crippen molar-refractivity contribution in [2.75, 3.05) is 0 Å². The van der Waals surface area contributed by atoms with Gasteiger partial charge in [-0.05, 0) is 57.8 Å². The molecule has 2 aromatic heterocycles. The highest BCUT2D eigenvalue weighted by Crippen LogP contribution is 2.51. The number of benzene rings is 7. The Morgan fingerprint density at radius 2 is 1.14 bits per heavy atom. The van der Waals surface area contributed by atoms with E-state index in [0.29, 0.717) is 0 Å². The molecule has 0 N–H and O–H groups in total. The van der Waals surface area contributed by atoms with Gasteiger partial charge in [0.2, 0.25) is 0 Å². The summed E-state index contributed by atoms with van der Waals surface area (Å²) in [6.45, 7) is 4.60. The van der Waals surface area contributed by atoms with Crippen LogP contribution in [0, 0.1) is 0 Å². The first kappa shape index (κ1) is 28.7. The van der Waals surface area contributed by atoms with Crippen LogP contribution in [0.2, 0.25) is 0 Å². The lowest BCUT2D eigenvalue weighted by Gasteiger charge is -2.24. The molecule has 0 amide bonds. The molecule has 0 saturated carbocycles. The number of fused-ring (bicyclic) bond motifs is 8. The Kier molecular flexibility index (Phi) is 6.22. The van der Waals surface area contributed by atoms with E-state index < -0.39 is 0 Å². The molecule has 1 aliphatic carbocycles. The zero-order chi connectivity index (χ0) is 33.4. The van der Waals surface area contributed by atoms with Crippen LogP contribution in [-0.2, 0) is 5.41 Å². The fourth-order valence-electron chi connectivity index (χ4n) is 8.23. The van der Waals surface area contributed by atoms with Crippen LogP contribution in [0.4, 0.5) is 0 Å². The van der Waals surface area contributed by atoms with E-state index in [1.54, 1.807) is 0 Å². The molecular weight excluding hydrogens is 607 g/mol. The summed E-state index contributed by atoms with van der Waals surface area (Å²) in [4.78, 5) is 10.6. The summed E-state index contributed by atoms with van der Waals surface area (Å²) in [6.07, 6.45) is 0. The number of rotatable bonds is 4. The van der Waals surface area contributed by atoms with E-state index in [9.17, 15) is 0 Å². The summed E-state index contributed by atoms with van der Waals surface area (Å²) < 4.78 is 2.41. The molecule has 3 nitrogen and oxygen atoms in total. The first-order chi connectivity index (χ1) is 24.6. The van der Waals surface area contributed by atoms with E-state index >= 15 is 0 Å². The van der Waals surface area contributed by atoms with Gasteiger partial charge in [-0.15, -0.1) is 0 Å². The molecule has 1 aliphatic rings. The summed E-state index contributed by atoms with van der Waals surface area (Å²) in [5, 5.41) is 5.09.